The first-order valence-corrected chi connectivity index (χ1v) is 5.96. The van der Waals surface area contributed by atoms with Crippen LogP contribution in [0.5, 0.6) is 0 Å². The maximum atomic E-state index is 13.1. The van der Waals surface area contributed by atoms with E-state index in [0.29, 0.717) is 6.07 Å². The van der Waals surface area contributed by atoms with Gasteiger partial charge in [-0.15, -0.1) is 0 Å². The summed E-state index contributed by atoms with van der Waals surface area (Å²) < 4.78 is 30.8. The Hall–Kier alpha value is -2.76. The number of nitrogens with one attached hydrogen (secondary N) is 1. The van der Waals surface area contributed by atoms with Crippen LogP contribution in [-0.2, 0) is 4.74 Å². The zero-order chi connectivity index (χ0) is 15.4. The van der Waals surface area contributed by atoms with Crippen LogP contribution < -0.4 is 5.32 Å². The molecule has 2 rings (SSSR count). The second kappa shape index (κ2) is 6.13. The first kappa shape index (κ1) is 14.6. The van der Waals surface area contributed by atoms with Crippen LogP contribution in [0.15, 0.2) is 42.5 Å². The normalized spacial score (nSPS) is 10.0. The second-order valence-corrected chi connectivity index (χ2v) is 4.15. The molecule has 0 saturated heterocycles. The molecular formula is C15H11F2NO3. The van der Waals surface area contributed by atoms with Gasteiger partial charge in [0.25, 0.3) is 5.91 Å². The Morgan fingerprint density at radius 2 is 1.67 bits per heavy atom. The Balaban J connectivity index is 2.30. The van der Waals surface area contributed by atoms with Gasteiger partial charge < -0.3 is 10.1 Å². The van der Waals surface area contributed by atoms with Crippen molar-refractivity contribution in [1.82, 2.24) is 0 Å². The Morgan fingerprint density at radius 1 is 1.05 bits per heavy atom. The Morgan fingerprint density at radius 3 is 2.29 bits per heavy atom. The van der Waals surface area contributed by atoms with Crippen molar-refractivity contribution in [2.24, 2.45) is 0 Å². The first-order chi connectivity index (χ1) is 10.0. The van der Waals surface area contributed by atoms with E-state index in [1.54, 1.807) is 12.1 Å². The minimum absolute atomic E-state index is 0.144. The maximum absolute atomic E-state index is 13.1. The number of para-hydroxylation sites is 1. The van der Waals surface area contributed by atoms with Gasteiger partial charge >= 0.3 is 5.97 Å². The molecule has 6 heteroatoms. The van der Waals surface area contributed by atoms with E-state index < -0.39 is 23.5 Å². The summed E-state index contributed by atoms with van der Waals surface area (Å²) in [6.07, 6.45) is 0. The summed E-state index contributed by atoms with van der Waals surface area (Å²) >= 11 is 0. The number of carbonyl (C=O) groups excluding carboxylic acids is 2. The summed E-state index contributed by atoms with van der Waals surface area (Å²) in [7, 11) is 1.21. The number of ether oxygens (including phenoxy) is 1. The number of benzene rings is 2. The molecule has 1 amide bonds. The Bertz CT molecular complexity index is 681. The Kier molecular flexibility index (Phi) is 4.27. The van der Waals surface area contributed by atoms with E-state index in [4.69, 9.17) is 0 Å². The molecule has 2 aromatic rings. The molecule has 108 valence electrons. The molecule has 0 aliphatic rings. The zero-order valence-corrected chi connectivity index (χ0v) is 11.0. The zero-order valence-electron chi connectivity index (χ0n) is 11.0. The lowest BCUT2D eigenvalue weighted by molar-refractivity contribution is 0.0602. The van der Waals surface area contributed by atoms with Crippen molar-refractivity contribution in [3.63, 3.8) is 0 Å². The molecule has 0 aromatic heterocycles. The van der Waals surface area contributed by atoms with Crippen LogP contribution in [0.3, 0.4) is 0 Å². The van der Waals surface area contributed by atoms with Gasteiger partial charge in [0.1, 0.15) is 11.6 Å². The number of rotatable bonds is 3. The highest BCUT2D eigenvalue weighted by molar-refractivity contribution is 6.07. The van der Waals surface area contributed by atoms with Gasteiger partial charge in [-0.1, -0.05) is 12.1 Å². The molecule has 0 unspecified atom stereocenters. The molecule has 0 saturated carbocycles. The molecule has 4 nitrogen and oxygen atoms in total. The molecule has 0 atom stereocenters. The van der Waals surface area contributed by atoms with Crippen LogP contribution in [0.25, 0.3) is 0 Å². The minimum Gasteiger partial charge on any atom is -0.465 e. The van der Waals surface area contributed by atoms with Crippen LogP contribution in [-0.4, -0.2) is 19.0 Å². The number of anilines is 1. The third kappa shape index (κ3) is 3.42. The van der Waals surface area contributed by atoms with Crippen LogP contribution in [0, 0.1) is 11.6 Å². The van der Waals surface area contributed by atoms with E-state index >= 15 is 0 Å². The number of methoxy groups -OCH3 is 1. The van der Waals surface area contributed by atoms with Crippen LogP contribution >= 0.6 is 0 Å². The smallest absolute Gasteiger partial charge is 0.339 e. The summed E-state index contributed by atoms with van der Waals surface area (Å²) in [5, 5.41) is 2.42. The average molecular weight is 291 g/mol. The summed E-state index contributed by atoms with van der Waals surface area (Å²) in [6.45, 7) is 0. The molecule has 0 aliphatic heterocycles. The molecule has 0 heterocycles. The molecule has 0 fully saturated rings. The fourth-order valence-electron chi connectivity index (χ4n) is 1.76. The van der Waals surface area contributed by atoms with Gasteiger partial charge in [0.2, 0.25) is 0 Å². The van der Waals surface area contributed by atoms with Crippen LogP contribution in [0.4, 0.5) is 14.5 Å². The van der Waals surface area contributed by atoms with E-state index in [1.165, 1.54) is 19.2 Å². The maximum Gasteiger partial charge on any atom is 0.339 e. The van der Waals surface area contributed by atoms with E-state index in [-0.39, 0.29) is 16.8 Å². The van der Waals surface area contributed by atoms with Gasteiger partial charge in [0, 0.05) is 11.6 Å². The number of esters is 1. The molecule has 0 spiro atoms. The fraction of sp³-hybridized carbons (Fsp3) is 0.0667. The van der Waals surface area contributed by atoms with Crippen molar-refractivity contribution < 1.29 is 23.1 Å². The first-order valence-electron chi connectivity index (χ1n) is 5.96. The molecule has 1 N–H and O–H groups in total. The van der Waals surface area contributed by atoms with Crippen LogP contribution in [0.1, 0.15) is 20.7 Å². The molecule has 0 aliphatic carbocycles. The highest BCUT2D eigenvalue weighted by Gasteiger charge is 2.15. The lowest BCUT2D eigenvalue weighted by Gasteiger charge is -2.09. The standard InChI is InChI=1S/C15H11F2NO3/c1-21-15(20)12-4-2-3-5-13(12)18-14(19)9-6-10(16)8-11(17)7-9/h2-8H,1H3,(H,18,19). The number of hydrogen-bond donors (Lipinski definition) is 1. The number of hydrogen-bond acceptors (Lipinski definition) is 3. The third-order valence-corrected chi connectivity index (χ3v) is 2.71. The number of halogens is 2. The quantitative estimate of drug-likeness (QED) is 0.884. The van der Waals surface area contributed by atoms with Crippen molar-refractivity contribution in [1.29, 1.82) is 0 Å². The fourth-order valence-corrected chi connectivity index (χ4v) is 1.76. The highest BCUT2D eigenvalue weighted by atomic mass is 19.1. The summed E-state index contributed by atoms with van der Waals surface area (Å²) in [4.78, 5) is 23.6. The summed E-state index contributed by atoms with van der Waals surface area (Å²) in [5.74, 6) is -3.08. The van der Waals surface area contributed by atoms with Crippen molar-refractivity contribution in [3.8, 4) is 0 Å². The van der Waals surface area contributed by atoms with Crippen molar-refractivity contribution >= 4 is 17.6 Å². The molecular weight excluding hydrogens is 280 g/mol. The monoisotopic (exact) mass is 291 g/mol. The van der Waals surface area contributed by atoms with Gasteiger partial charge in [-0.3, -0.25) is 4.79 Å². The SMILES string of the molecule is COC(=O)c1ccccc1NC(=O)c1cc(F)cc(F)c1. The predicted octanol–water partition coefficient (Wildman–Crippen LogP) is 3.00. The van der Waals surface area contributed by atoms with Gasteiger partial charge in [-0.25, -0.2) is 13.6 Å². The lowest BCUT2D eigenvalue weighted by Crippen LogP contribution is -2.15. The topological polar surface area (TPSA) is 55.4 Å². The van der Waals surface area contributed by atoms with E-state index in [2.05, 4.69) is 10.1 Å². The largest absolute Gasteiger partial charge is 0.465 e. The lowest BCUT2D eigenvalue weighted by atomic mass is 10.1. The van der Waals surface area contributed by atoms with Gasteiger partial charge in [0.05, 0.1) is 18.4 Å². The number of amides is 1. The minimum atomic E-state index is -0.860. The number of carbonyl (C=O) groups is 2. The molecule has 21 heavy (non-hydrogen) atoms. The highest BCUT2D eigenvalue weighted by Crippen LogP contribution is 2.18. The molecule has 2 aromatic carbocycles. The molecule has 0 radical (unpaired) electrons. The van der Waals surface area contributed by atoms with E-state index in [0.717, 1.165) is 12.1 Å². The Labute approximate surface area is 119 Å². The van der Waals surface area contributed by atoms with Crippen LogP contribution in [0.2, 0.25) is 0 Å². The second-order valence-electron chi connectivity index (χ2n) is 4.15. The van der Waals surface area contributed by atoms with E-state index in [1.807, 2.05) is 0 Å². The van der Waals surface area contributed by atoms with Gasteiger partial charge in [-0.05, 0) is 24.3 Å². The average Bonchev–Trinajstić information content (AvgIpc) is 2.46. The van der Waals surface area contributed by atoms with Gasteiger partial charge in [0.15, 0.2) is 0 Å². The van der Waals surface area contributed by atoms with Crippen molar-refractivity contribution in [2.45, 2.75) is 0 Å². The van der Waals surface area contributed by atoms with Crippen molar-refractivity contribution in [3.05, 3.63) is 65.2 Å². The van der Waals surface area contributed by atoms with Gasteiger partial charge in [-0.2, -0.15) is 0 Å². The molecule has 0 bridgehead atoms. The summed E-state index contributed by atoms with van der Waals surface area (Å²) in [5.41, 5.74) is 0.149. The predicted molar refractivity (Wildman–Crippen MR) is 72.1 cm³/mol. The van der Waals surface area contributed by atoms with E-state index in [9.17, 15) is 18.4 Å². The third-order valence-electron chi connectivity index (χ3n) is 2.71. The van der Waals surface area contributed by atoms with Crippen molar-refractivity contribution in [2.75, 3.05) is 12.4 Å². The summed E-state index contributed by atoms with van der Waals surface area (Å²) in [6, 6.07) is 8.63.